The summed E-state index contributed by atoms with van der Waals surface area (Å²) < 4.78 is 26.3. The van der Waals surface area contributed by atoms with Gasteiger partial charge in [-0.05, 0) is 56.6 Å². The number of amides is 1. The summed E-state index contributed by atoms with van der Waals surface area (Å²) in [4.78, 5) is 18.9. The first-order chi connectivity index (χ1) is 13.4. The first-order valence-corrected chi connectivity index (χ1v) is 11.9. The zero-order valence-electron chi connectivity index (χ0n) is 16.5. The van der Waals surface area contributed by atoms with Crippen molar-refractivity contribution in [1.29, 1.82) is 0 Å². The SMILES string of the molecule is CC1CCN(C(=O)c2ccc(NC3CCN(S(=O)(=O)C4CC4)CC3)nc2)CC1. The maximum absolute atomic E-state index is 12.6. The Morgan fingerprint density at radius 3 is 2.29 bits per heavy atom. The van der Waals surface area contributed by atoms with E-state index in [2.05, 4.69) is 17.2 Å². The predicted molar refractivity (Wildman–Crippen MR) is 109 cm³/mol. The number of hydrogen-bond acceptors (Lipinski definition) is 5. The van der Waals surface area contributed by atoms with Crippen molar-refractivity contribution in [1.82, 2.24) is 14.2 Å². The average molecular weight is 407 g/mol. The van der Waals surface area contributed by atoms with Crippen LogP contribution in [0.4, 0.5) is 5.82 Å². The van der Waals surface area contributed by atoms with E-state index in [-0.39, 0.29) is 17.2 Å². The van der Waals surface area contributed by atoms with Crippen LogP contribution in [-0.2, 0) is 10.0 Å². The van der Waals surface area contributed by atoms with Crippen LogP contribution in [0.25, 0.3) is 0 Å². The van der Waals surface area contributed by atoms with Crippen LogP contribution in [0, 0.1) is 5.92 Å². The Morgan fingerprint density at radius 2 is 1.71 bits per heavy atom. The van der Waals surface area contributed by atoms with E-state index in [1.807, 2.05) is 17.0 Å². The number of anilines is 1. The molecule has 2 aliphatic heterocycles. The minimum atomic E-state index is -3.07. The van der Waals surface area contributed by atoms with Gasteiger partial charge in [-0.15, -0.1) is 0 Å². The minimum absolute atomic E-state index is 0.0598. The van der Waals surface area contributed by atoms with Gasteiger partial charge in [-0.2, -0.15) is 0 Å². The van der Waals surface area contributed by atoms with Crippen molar-refractivity contribution in [3.63, 3.8) is 0 Å². The molecule has 0 atom stereocenters. The summed E-state index contributed by atoms with van der Waals surface area (Å²) in [6.45, 7) is 5.02. The third-order valence-corrected chi connectivity index (χ3v) is 8.59. The molecule has 7 nitrogen and oxygen atoms in total. The molecular formula is C20H30N4O3S. The van der Waals surface area contributed by atoms with Crippen molar-refractivity contribution in [2.75, 3.05) is 31.5 Å². The van der Waals surface area contributed by atoms with Gasteiger partial charge in [0.1, 0.15) is 5.82 Å². The van der Waals surface area contributed by atoms with E-state index in [9.17, 15) is 13.2 Å². The van der Waals surface area contributed by atoms with Crippen LogP contribution in [-0.4, -0.2) is 66.0 Å². The third kappa shape index (κ3) is 4.33. The first-order valence-electron chi connectivity index (χ1n) is 10.4. The number of pyridine rings is 1. The molecule has 3 aliphatic rings. The van der Waals surface area contributed by atoms with Gasteiger partial charge >= 0.3 is 0 Å². The molecule has 0 radical (unpaired) electrons. The molecule has 1 amide bonds. The highest BCUT2D eigenvalue weighted by Gasteiger charge is 2.41. The second-order valence-electron chi connectivity index (χ2n) is 8.47. The minimum Gasteiger partial charge on any atom is -0.367 e. The van der Waals surface area contributed by atoms with E-state index in [0.29, 0.717) is 24.6 Å². The lowest BCUT2D eigenvalue weighted by molar-refractivity contribution is 0.0697. The summed E-state index contributed by atoms with van der Waals surface area (Å²) in [5.41, 5.74) is 0.630. The molecule has 8 heteroatoms. The van der Waals surface area contributed by atoms with Crippen LogP contribution in [0.1, 0.15) is 55.8 Å². The number of carbonyl (C=O) groups excluding carboxylic acids is 1. The molecule has 3 heterocycles. The van der Waals surface area contributed by atoms with Gasteiger partial charge in [-0.3, -0.25) is 4.79 Å². The van der Waals surface area contributed by atoms with E-state index in [1.54, 1.807) is 10.5 Å². The number of carbonyl (C=O) groups is 1. The summed E-state index contributed by atoms with van der Waals surface area (Å²) >= 11 is 0. The zero-order chi connectivity index (χ0) is 19.7. The lowest BCUT2D eigenvalue weighted by atomic mass is 9.99. The van der Waals surface area contributed by atoms with Gasteiger partial charge < -0.3 is 10.2 Å². The van der Waals surface area contributed by atoms with Crippen LogP contribution in [0.2, 0.25) is 0 Å². The van der Waals surface area contributed by atoms with Gasteiger partial charge in [0.25, 0.3) is 5.91 Å². The smallest absolute Gasteiger partial charge is 0.255 e. The zero-order valence-corrected chi connectivity index (χ0v) is 17.3. The fourth-order valence-corrected chi connectivity index (χ4v) is 5.91. The quantitative estimate of drug-likeness (QED) is 0.811. The Balaban J connectivity index is 1.28. The van der Waals surface area contributed by atoms with Crippen molar-refractivity contribution in [3.05, 3.63) is 23.9 Å². The number of hydrogen-bond donors (Lipinski definition) is 1. The topological polar surface area (TPSA) is 82.6 Å². The maximum Gasteiger partial charge on any atom is 0.255 e. The highest BCUT2D eigenvalue weighted by molar-refractivity contribution is 7.90. The van der Waals surface area contributed by atoms with Crippen LogP contribution in [0.15, 0.2) is 18.3 Å². The Bertz CT molecular complexity index is 791. The van der Waals surface area contributed by atoms with Crippen LogP contribution in [0.5, 0.6) is 0 Å². The molecule has 28 heavy (non-hydrogen) atoms. The second kappa shape index (κ2) is 7.99. The molecule has 1 N–H and O–H groups in total. The summed E-state index contributed by atoms with van der Waals surface area (Å²) in [5, 5.41) is 3.26. The van der Waals surface area contributed by atoms with E-state index in [4.69, 9.17) is 0 Å². The normalized spacial score (nSPS) is 23.0. The van der Waals surface area contributed by atoms with E-state index in [1.165, 1.54) is 0 Å². The van der Waals surface area contributed by atoms with Crippen LogP contribution >= 0.6 is 0 Å². The molecule has 0 bridgehead atoms. The maximum atomic E-state index is 12.6. The number of nitrogens with zero attached hydrogens (tertiary/aromatic N) is 3. The highest BCUT2D eigenvalue weighted by Crippen LogP contribution is 2.32. The fraction of sp³-hybridized carbons (Fsp3) is 0.700. The fourth-order valence-electron chi connectivity index (χ4n) is 4.04. The Kier molecular flexibility index (Phi) is 5.60. The van der Waals surface area contributed by atoms with Gasteiger partial charge in [-0.25, -0.2) is 17.7 Å². The number of nitrogens with one attached hydrogen (secondary N) is 1. The molecule has 2 saturated heterocycles. The standard InChI is InChI=1S/C20H30N4O3S/c1-15-6-10-23(11-7-15)20(25)16-2-5-19(21-14-16)22-17-8-12-24(13-9-17)28(26,27)18-3-4-18/h2,5,14-15,17-18H,3-4,6-13H2,1H3,(H,21,22). The van der Waals surface area contributed by atoms with Gasteiger partial charge in [0.2, 0.25) is 10.0 Å². The van der Waals surface area contributed by atoms with Crippen molar-refractivity contribution >= 4 is 21.7 Å². The van der Waals surface area contributed by atoms with Crippen LogP contribution < -0.4 is 5.32 Å². The molecule has 3 fully saturated rings. The third-order valence-electron chi connectivity index (χ3n) is 6.19. The number of aromatic nitrogens is 1. The Labute approximate surface area is 167 Å². The first kappa shape index (κ1) is 19.6. The molecule has 1 saturated carbocycles. The summed E-state index contributed by atoms with van der Waals surface area (Å²) in [5.74, 6) is 1.50. The number of likely N-dealkylation sites (tertiary alicyclic amines) is 1. The molecule has 154 valence electrons. The van der Waals surface area contributed by atoms with Crippen molar-refractivity contribution in [2.45, 2.75) is 56.7 Å². The number of rotatable bonds is 5. The molecule has 1 aromatic rings. The van der Waals surface area contributed by atoms with E-state index >= 15 is 0 Å². The Morgan fingerprint density at radius 1 is 1.04 bits per heavy atom. The molecule has 1 aromatic heterocycles. The van der Waals surface area contributed by atoms with Gasteiger partial charge in [0.15, 0.2) is 0 Å². The predicted octanol–water partition coefficient (Wildman–Crippen LogP) is 2.32. The summed E-state index contributed by atoms with van der Waals surface area (Å²) in [6.07, 6.45) is 6.95. The molecular weight excluding hydrogens is 376 g/mol. The van der Waals surface area contributed by atoms with Crippen LogP contribution in [0.3, 0.4) is 0 Å². The molecule has 0 unspecified atom stereocenters. The van der Waals surface area contributed by atoms with Gasteiger partial charge in [0, 0.05) is 38.4 Å². The van der Waals surface area contributed by atoms with Crippen molar-refractivity contribution in [2.24, 2.45) is 5.92 Å². The Hall–Kier alpha value is -1.67. The highest BCUT2D eigenvalue weighted by atomic mass is 32.2. The van der Waals surface area contributed by atoms with Gasteiger partial charge in [-0.1, -0.05) is 6.92 Å². The summed E-state index contributed by atoms with van der Waals surface area (Å²) in [7, 11) is -3.07. The molecule has 0 spiro atoms. The van der Waals surface area contributed by atoms with E-state index in [0.717, 1.165) is 57.4 Å². The monoisotopic (exact) mass is 406 g/mol. The molecule has 0 aromatic carbocycles. The lowest BCUT2D eigenvalue weighted by Gasteiger charge is -2.32. The van der Waals surface area contributed by atoms with Gasteiger partial charge in [0.05, 0.1) is 10.8 Å². The number of sulfonamides is 1. The number of piperidine rings is 2. The lowest BCUT2D eigenvalue weighted by Crippen LogP contribution is -2.43. The average Bonchev–Trinajstić information content (AvgIpc) is 3.55. The van der Waals surface area contributed by atoms with Crippen molar-refractivity contribution < 1.29 is 13.2 Å². The second-order valence-corrected chi connectivity index (χ2v) is 10.7. The summed E-state index contributed by atoms with van der Waals surface area (Å²) in [6, 6.07) is 3.90. The largest absolute Gasteiger partial charge is 0.367 e. The van der Waals surface area contributed by atoms with Crippen molar-refractivity contribution in [3.8, 4) is 0 Å². The molecule has 1 aliphatic carbocycles. The van der Waals surface area contributed by atoms with E-state index < -0.39 is 10.0 Å². The molecule has 4 rings (SSSR count).